The van der Waals surface area contributed by atoms with Gasteiger partial charge in [-0.25, -0.2) is 4.39 Å². The molecule has 7 heteroatoms. The summed E-state index contributed by atoms with van der Waals surface area (Å²) in [7, 11) is 0. The first kappa shape index (κ1) is 15.3. The lowest BCUT2D eigenvalue weighted by molar-refractivity contribution is -0.130. The van der Waals surface area contributed by atoms with Crippen LogP contribution in [0.1, 0.15) is 19.4 Å². The Kier molecular flexibility index (Phi) is 5.01. The first-order valence-electron chi connectivity index (χ1n) is 5.05. The predicted octanol–water partition coefficient (Wildman–Crippen LogP) is 3.72. The van der Waals surface area contributed by atoms with E-state index in [0.717, 1.165) is 0 Å². The summed E-state index contributed by atoms with van der Waals surface area (Å²) in [6.45, 7) is 2.44. The van der Waals surface area contributed by atoms with Crippen LogP contribution in [0.15, 0.2) is 16.5 Å². The van der Waals surface area contributed by atoms with Crippen LogP contribution in [-0.2, 0) is 23.8 Å². The highest BCUT2D eigenvalue weighted by molar-refractivity contribution is 7.47. The zero-order valence-corrected chi connectivity index (χ0v) is 12.1. The third-order valence-corrected chi connectivity index (χ3v) is 3.13. The maximum absolute atomic E-state index is 13.3. The minimum absolute atomic E-state index is 0.0834. The molecule has 1 amide bonds. The van der Waals surface area contributed by atoms with Gasteiger partial charge in [0.15, 0.2) is 5.67 Å². The van der Waals surface area contributed by atoms with Gasteiger partial charge in [-0.2, -0.15) is 4.36 Å². The quantitative estimate of drug-likeness (QED) is 0.921. The van der Waals surface area contributed by atoms with Crippen molar-refractivity contribution >= 4 is 47.2 Å². The van der Waals surface area contributed by atoms with Crippen molar-refractivity contribution in [1.82, 2.24) is 5.32 Å². The number of benzene rings is 1. The van der Waals surface area contributed by atoms with Gasteiger partial charge in [-0.05, 0) is 25.5 Å². The van der Waals surface area contributed by atoms with E-state index in [2.05, 4.69) is 22.1 Å². The summed E-state index contributed by atoms with van der Waals surface area (Å²) in [5.41, 5.74) is -1.09. The van der Waals surface area contributed by atoms with E-state index in [9.17, 15) is 9.18 Å². The van der Waals surface area contributed by atoms with Crippen molar-refractivity contribution in [3.63, 3.8) is 0 Å². The van der Waals surface area contributed by atoms with Crippen molar-refractivity contribution in [2.24, 2.45) is 4.36 Å². The van der Waals surface area contributed by atoms with Crippen LogP contribution in [0.2, 0.25) is 10.0 Å². The van der Waals surface area contributed by atoms with Crippen LogP contribution in [0, 0.1) is 0 Å². The van der Waals surface area contributed by atoms with E-state index in [1.165, 1.54) is 13.8 Å². The number of halogens is 3. The molecule has 18 heavy (non-hydrogen) atoms. The number of nitrogens with zero attached hydrogens (tertiary/aromatic N) is 1. The average molecular weight is 309 g/mol. The van der Waals surface area contributed by atoms with Crippen molar-refractivity contribution in [3.8, 4) is 0 Å². The first-order chi connectivity index (χ1) is 8.27. The topological polar surface area (TPSA) is 41.5 Å². The van der Waals surface area contributed by atoms with Gasteiger partial charge >= 0.3 is 0 Å². The van der Waals surface area contributed by atoms with Crippen LogP contribution in [0.25, 0.3) is 0 Å². The lowest BCUT2D eigenvalue weighted by Crippen LogP contribution is -2.38. The van der Waals surface area contributed by atoms with E-state index >= 15 is 0 Å². The number of nitrogens with one attached hydrogen (secondary N) is 1. The highest BCUT2D eigenvalue weighted by Crippen LogP contribution is 2.35. The van der Waals surface area contributed by atoms with Gasteiger partial charge in [-0.15, -0.1) is 0 Å². The van der Waals surface area contributed by atoms with Gasteiger partial charge in [0.2, 0.25) is 0 Å². The van der Waals surface area contributed by atoms with E-state index in [-0.39, 0.29) is 17.3 Å². The molecule has 1 aromatic carbocycles. The first-order valence-corrected chi connectivity index (χ1v) is 6.17. The molecule has 0 bridgehead atoms. The molecule has 1 N–H and O–H groups in total. The summed E-state index contributed by atoms with van der Waals surface area (Å²) in [6, 6.07) is 3.20. The van der Waals surface area contributed by atoms with Crippen molar-refractivity contribution in [2.75, 3.05) is 0 Å². The molecule has 0 heterocycles. The van der Waals surface area contributed by atoms with Crippen LogP contribution in [0.5, 0.6) is 0 Å². The second-order valence-corrected chi connectivity index (χ2v) is 5.08. The molecule has 0 aromatic heterocycles. The molecule has 1 aromatic rings. The molecule has 0 saturated carbocycles. The minimum atomic E-state index is -1.94. The second kappa shape index (κ2) is 5.91. The monoisotopic (exact) mass is 308 g/mol. The van der Waals surface area contributed by atoms with Crippen molar-refractivity contribution in [3.05, 3.63) is 27.7 Å². The standard InChI is InChI=1S/C11H11Cl2FN2OS/c1-11(2,14)10(17)15-5-6-3-4-7(12)9(16-18)8(6)13/h3-4H,5H2,1-2H3,(H,15,17). The van der Waals surface area contributed by atoms with E-state index in [0.29, 0.717) is 10.6 Å². The smallest absolute Gasteiger partial charge is 0.257 e. The molecule has 0 aliphatic rings. The molecule has 0 aliphatic carbocycles. The van der Waals surface area contributed by atoms with Crippen LogP contribution >= 0.6 is 23.2 Å². The average Bonchev–Trinajstić information content (AvgIpc) is 2.27. The Balaban J connectivity index is 2.87. The van der Waals surface area contributed by atoms with Gasteiger partial charge in [-0.1, -0.05) is 29.3 Å². The van der Waals surface area contributed by atoms with Crippen LogP contribution in [-0.4, -0.2) is 11.6 Å². The SMILES string of the molecule is CC(C)(F)C(=O)NCc1ccc(Cl)c(N=S)c1Cl. The van der Waals surface area contributed by atoms with Gasteiger partial charge in [-0.3, -0.25) is 4.79 Å². The fourth-order valence-electron chi connectivity index (χ4n) is 1.19. The molecule has 0 aliphatic heterocycles. The zero-order valence-electron chi connectivity index (χ0n) is 9.76. The Hall–Kier alpha value is -0.780. The van der Waals surface area contributed by atoms with Gasteiger partial charge in [0.1, 0.15) is 5.69 Å². The lowest BCUT2D eigenvalue weighted by atomic mass is 10.1. The largest absolute Gasteiger partial charge is 0.349 e. The Morgan fingerprint density at radius 1 is 1.50 bits per heavy atom. The Bertz CT molecular complexity index is 489. The van der Waals surface area contributed by atoms with Crippen molar-refractivity contribution < 1.29 is 9.18 Å². The minimum Gasteiger partial charge on any atom is -0.349 e. The number of amides is 1. The molecule has 1 rings (SSSR count). The highest BCUT2D eigenvalue weighted by atomic mass is 35.5. The van der Waals surface area contributed by atoms with Gasteiger partial charge in [0.05, 0.1) is 10.0 Å². The Morgan fingerprint density at radius 2 is 2.11 bits per heavy atom. The summed E-state index contributed by atoms with van der Waals surface area (Å²) in [6.07, 6.45) is 0. The summed E-state index contributed by atoms with van der Waals surface area (Å²) < 4.78 is 16.8. The summed E-state index contributed by atoms with van der Waals surface area (Å²) >= 11 is 16.4. The van der Waals surface area contributed by atoms with Gasteiger partial charge in [0.25, 0.3) is 5.91 Å². The fraction of sp³-hybridized carbons (Fsp3) is 0.364. The zero-order chi connectivity index (χ0) is 13.9. The predicted molar refractivity (Wildman–Crippen MR) is 72.9 cm³/mol. The molecule has 98 valence electrons. The van der Waals surface area contributed by atoms with Crippen LogP contribution < -0.4 is 5.32 Å². The molecule has 0 radical (unpaired) electrons. The molecule has 0 unspecified atom stereocenters. The number of carbonyl (C=O) groups excluding carboxylic acids is 1. The lowest BCUT2D eigenvalue weighted by Gasteiger charge is -2.15. The van der Waals surface area contributed by atoms with Crippen LogP contribution in [0.4, 0.5) is 10.1 Å². The molecule has 0 fully saturated rings. The molecule has 0 spiro atoms. The number of hydrogen-bond acceptors (Lipinski definition) is 3. The van der Waals surface area contributed by atoms with Crippen molar-refractivity contribution in [1.29, 1.82) is 0 Å². The van der Waals surface area contributed by atoms with E-state index in [1.807, 2.05) is 0 Å². The summed E-state index contributed by atoms with van der Waals surface area (Å²) in [4.78, 5) is 11.4. The molecular weight excluding hydrogens is 298 g/mol. The van der Waals surface area contributed by atoms with Gasteiger partial charge in [0, 0.05) is 19.0 Å². The van der Waals surface area contributed by atoms with Crippen molar-refractivity contribution in [2.45, 2.75) is 26.1 Å². The summed E-state index contributed by atoms with van der Waals surface area (Å²) in [5, 5.41) is 3.02. The molecule has 0 saturated heterocycles. The number of hydrogen-bond donors (Lipinski definition) is 1. The molecule has 3 nitrogen and oxygen atoms in total. The Morgan fingerprint density at radius 3 is 2.61 bits per heavy atom. The molecular formula is C11H11Cl2FN2OS. The Labute approximate surface area is 120 Å². The third kappa shape index (κ3) is 3.60. The highest BCUT2D eigenvalue weighted by Gasteiger charge is 2.26. The maximum atomic E-state index is 13.3. The van der Waals surface area contributed by atoms with Gasteiger partial charge < -0.3 is 5.32 Å². The van der Waals surface area contributed by atoms with E-state index in [1.54, 1.807) is 12.1 Å². The third-order valence-electron chi connectivity index (χ3n) is 2.22. The number of rotatable bonds is 4. The summed E-state index contributed by atoms with van der Waals surface area (Å²) in [5.74, 6) is -0.717. The number of alkyl halides is 1. The molecule has 0 atom stereocenters. The number of carbonyl (C=O) groups is 1. The van der Waals surface area contributed by atoms with E-state index < -0.39 is 11.6 Å². The fourth-order valence-corrected chi connectivity index (χ4v) is 2.00. The second-order valence-electron chi connectivity index (χ2n) is 4.12. The normalized spacial score (nSPS) is 11.2. The van der Waals surface area contributed by atoms with Crippen LogP contribution in [0.3, 0.4) is 0 Å². The van der Waals surface area contributed by atoms with E-state index in [4.69, 9.17) is 23.2 Å². The maximum Gasteiger partial charge on any atom is 0.257 e.